The number of hydrogen-bond donors (Lipinski definition) is 1. The Labute approximate surface area is 131 Å². The molecule has 2 rings (SSSR count). The van der Waals surface area contributed by atoms with E-state index in [2.05, 4.69) is 14.8 Å². The fraction of sp³-hybridized carbons (Fsp3) is 0.571. The van der Waals surface area contributed by atoms with Crippen molar-refractivity contribution in [1.82, 2.24) is 24.1 Å². The van der Waals surface area contributed by atoms with E-state index < -0.39 is 10.0 Å². The molecule has 2 heterocycles. The maximum Gasteiger partial charge on any atom is 0.243 e. The summed E-state index contributed by atoms with van der Waals surface area (Å²) >= 11 is 0. The lowest BCUT2D eigenvalue weighted by Crippen LogP contribution is -2.26. The summed E-state index contributed by atoms with van der Waals surface area (Å²) in [7, 11) is -3.50. The summed E-state index contributed by atoms with van der Waals surface area (Å²) in [5, 5.41) is 4.23. The molecule has 0 unspecified atom stereocenters. The van der Waals surface area contributed by atoms with Gasteiger partial charge in [-0.05, 0) is 26.7 Å². The van der Waals surface area contributed by atoms with Crippen LogP contribution in [0.3, 0.4) is 0 Å². The van der Waals surface area contributed by atoms with Crippen LogP contribution in [-0.2, 0) is 23.1 Å². The largest absolute Gasteiger partial charge is 0.335 e. The summed E-state index contributed by atoms with van der Waals surface area (Å²) in [6.45, 7) is 7.52. The zero-order valence-electron chi connectivity index (χ0n) is 13.3. The van der Waals surface area contributed by atoms with Crippen molar-refractivity contribution >= 4 is 10.0 Å². The maximum absolute atomic E-state index is 12.3. The standard InChI is InChI=1S/C14H23N5O2S/c1-4-8-19-11-14(12(2)17-19)22(20,21)16-6-5-9-18-10-7-15-13(18)3/h7,10-11,16H,4-6,8-9H2,1-3H3. The van der Waals surface area contributed by atoms with E-state index in [1.807, 2.05) is 24.6 Å². The lowest BCUT2D eigenvalue weighted by atomic mass is 10.4. The Morgan fingerprint density at radius 1 is 1.27 bits per heavy atom. The number of imidazole rings is 1. The summed E-state index contributed by atoms with van der Waals surface area (Å²) in [4.78, 5) is 4.40. The predicted molar refractivity (Wildman–Crippen MR) is 84.0 cm³/mol. The van der Waals surface area contributed by atoms with Gasteiger partial charge in [-0.3, -0.25) is 4.68 Å². The Balaban J connectivity index is 1.92. The average molecular weight is 325 g/mol. The van der Waals surface area contributed by atoms with Crippen LogP contribution in [0.15, 0.2) is 23.5 Å². The summed E-state index contributed by atoms with van der Waals surface area (Å²) < 4.78 is 30.9. The highest BCUT2D eigenvalue weighted by Gasteiger charge is 2.19. The minimum absolute atomic E-state index is 0.264. The number of nitrogens with one attached hydrogen (secondary N) is 1. The quantitative estimate of drug-likeness (QED) is 0.745. The van der Waals surface area contributed by atoms with E-state index in [0.717, 1.165) is 25.3 Å². The molecule has 0 spiro atoms. The highest BCUT2D eigenvalue weighted by atomic mass is 32.2. The topological polar surface area (TPSA) is 81.8 Å². The molecular formula is C14H23N5O2S. The third kappa shape index (κ3) is 3.95. The van der Waals surface area contributed by atoms with Crippen LogP contribution in [0.25, 0.3) is 0 Å². The van der Waals surface area contributed by atoms with E-state index in [9.17, 15) is 8.42 Å². The van der Waals surface area contributed by atoms with Crippen molar-refractivity contribution in [2.75, 3.05) is 6.54 Å². The molecular weight excluding hydrogens is 302 g/mol. The van der Waals surface area contributed by atoms with Crippen LogP contribution >= 0.6 is 0 Å². The number of rotatable bonds is 8. The maximum atomic E-state index is 12.3. The normalized spacial score (nSPS) is 12.0. The minimum atomic E-state index is -3.50. The molecule has 122 valence electrons. The molecule has 0 aliphatic rings. The van der Waals surface area contributed by atoms with E-state index in [0.29, 0.717) is 18.7 Å². The molecule has 0 saturated heterocycles. The molecule has 0 atom stereocenters. The van der Waals surface area contributed by atoms with E-state index >= 15 is 0 Å². The molecule has 2 aromatic rings. The second-order valence-corrected chi connectivity index (χ2v) is 7.00. The van der Waals surface area contributed by atoms with Gasteiger partial charge in [0.25, 0.3) is 0 Å². The van der Waals surface area contributed by atoms with Crippen LogP contribution in [-0.4, -0.2) is 34.3 Å². The summed E-state index contributed by atoms with van der Waals surface area (Å²) in [6.07, 6.45) is 6.85. The Hall–Kier alpha value is -1.67. The van der Waals surface area contributed by atoms with Crippen LogP contribution in [0.1, 0.15) is 31.3 Å². The van der Waals surface area contributed by atoms with Crippen LogP contribution in [0.5, 0.6) is 0 Å². The number of aryl methyl sites for hydroxylation is 4. The number of aromatic nitrogens is 4. The van der Waals surface area contributed by atoms with Gasteiger partial charge in [-0.15, -0.1) is 0 Å². The van der Waals surface area contributed by atoms with Gasteiger partial charge in [0.15, 0.2) is 0 Å². The Bertz CT molecular complexity index is 717. The lowest BCUT2D eigenvalue weighted by Gasteiger charge is -2.07. The highest BCUT2D eigenvalue weighted by molar-refractivity contribution is 7.89. The highest BCUT2D eigenvalue weighted by Crippen LogP contribution is 2.13. The molecule has 0 fully saturated rings. The molecule has 0 aliphatic carbocycles. The smallest absolute Gasteiger partial charge is 0.243 e. The summed E-state index contributed by atoms with van der Waals surface area (Å²) in [5.41, 5.74) is 0.534. The third-order valence-electron chi connectivity index (χ3n) is 3.44. The molecule has 7 nitrogen and oxygen atoms in total. The van der Waals surface area contributed by atoms with Crippen molar-refractivity contribution in [1.29, 1.82) is 0 Å². The van der Waals surface area contributed by atoms with E-state index in [4.69, 9.17) is 0 Å². The van der Waals surface area contributed by atoms with E-state index in [1.165, 1.54) is 0 Å². The first-order chi connectivity index (χ1) is 10.4. The van der Waals surface area contributed by atoms with Crippen molar-refractivity contribution in [2.24, 2.45) is 0 Å². The van der Waals surface area contributed by atoms with Gasteiger partial charge in [-0.1, -0.05) is 6.92 Å². The zero-order chi connectivity index (χ0) is 16.2. The fourth-order valence-electron chi connectivity index (χ4n) is 2.28. The van der Waals surface area contributed by atoms with Crippen molar-refractivity contribution in [3.05, 3.63) is 30.1 Å². The Morgan fingerprint density at radius 2 is 2.05 bits per heavy atom. The minimum Gasteiger partial charge on any atom is -0.335 e. The van der Waals surface area contributed by atoms with Crippen molar-refractivity contribution < 1.29 is 8.42 Å². The van der Waals surface area contributed by atoms with E-state index in [1.54, 1.807) is 24.0 Å². The van der Waals surface area contributed by atoms with Gasteiger partial charge in [-0.2, -0.15) is 5.10 Å². The average Bonchev–Trinajstić information content (AvgIpc) is 3.02. The molecule has 0 saturated carbocycles. The predicted octanol–water partition coefficient (Wildman–Crippen LogP) is 1.48. The lowest BCUT2D eigenvalue weighted by molar-refractivity contribution is 0.566. The molecule has 0 aliphatic heterocycles. The van der Waals surface area contributed by atoms with Gasteiger partial charge in [0.1, 0.15) is 10.7 Å². The molecule has 2 aromatic heterocycles. The molecule has 0 radical (unpaired) electrons. The van der Waals surface area contributed by atoms with Crippen molar-refractivity contribution in [3.63, 3.8) is 0 Å². The van der Waals surface area contributed by atoms with Gasteiger partial charge in [0.2, 0.25) is 10.0 Å². The Kier molecular flexibility index (Phi) is 5.36. The van der Waals surface area contributed by atoms with Crippen molar-refractivity contribution in [2.45, 2.75) is 51.6 Å². The summed E-state index contributed by atoms with van der Waals surface area (Å²) in [6, 6.07) is 0. The van der Waals surface area contributed by atoms with Gasteiger partial charge in [0.05, 0.1) is 5.69 Å². The van der Waals surface area contributed by atoms with Gasteiger partial charge >= 0.3 is 0 Å². The first kappa shape index (κ1) is 16.7. The molecule has 0 aromatic carbocycles. The first-order valence-corrected chi connectivity index (χ1v) is 8.94. The fourth-order valence-corrected chi connectivity index (χ4v) is 3.54. The number of nitrogens with zero attached hydrogens (tertiary/aromatic N) is 4. The molecule has 0 amide bonds. The molecule has 22 heavy (non-hydrogen) atoms. The van der Waals surface area contributed by atoms with Crippen LogP contribution in [0, 0.1) is 13.8 Å². The SMILES string of the molecule is CCCn1cc(S(=O)(=O)NCCCn2ccnc2C)c(C)n1. The van der Waals surface area contributed by atoms with Gasteiger partial charge in [-0.25, -0.2) is 18.1 Å². The van der Waals surface area contributed by atoms with Crippen molar-refractivity contribution in [3.8, 4) is 0 Å². The first-order valence-electron chi connectivity index (χ1n) is 7.45. The second kappa shape index (κ2) is 7.06. The van der Waals surface area contributed by atoms with Crippen LogP contribution in [0.4, 0.5) is 0 Å². The molecule has 8 heteroatoms. The van der Waals surface area contributed by atoms with Crippen LogP contribution < -0.4 is 4.72 Å². The van der Waals surface area contributed by atoms with E-state index in [-0.39, 0.29) is 4.90 Å². The monoisotopic (exact) mass is 325 g/mol. The van der Waals surface area contributed by atoms with Gasteiger partial charge < -0.3 is 4.57 Å². The third-order valence-corrected chi connectivity index (χ3v) is 5.00. The summed E-state index contributed by atoms with van der Waals surface area (Å²) in [5.74, 6) is 0.930. The zero-order valence-corrected chi connectivity index (χ0v) is 14.1. The number of sulfonamides is 1. The second-order valence-electron chi connectivity index (χ2n) is 5.26. The Morgan fingerprint density at radius 3 is 2.68 bits per heavy atom. The van der Waals surface area contributed by atoms with Gasteiger partial charge in [0, 0.05) is 38.2 Å². The molecule has 1 N–H and O–H groups in total. The number of hydrogen-bond acceptors (Lipinski definition) is 4. The van der Waals surface area contributed by atoms with Crippen LogP contribution in [0.2, 0.25) is 0 Å². The molecule has 0 bridgehead atoms.